The van der Waals surface area contributed by atoms with Crippen LogP contribution in [0.5, 0.6) is 11.5 Å². The van der Waals surface area contributed by atoms with Gasteiger partial charge in [-0.2, -0.15) is 0 Å². The molecule has 0 atom stereocenters. The number of carbonyl (C=O) groups is 2. The average Bonchev–Trinajstić information content (AvgIpc) is 3.04. The first-order chi connectivity index (χ1) is 13.4. The van der Waals surface area contributed by atoms with Crippen molar-refractivity contribution in [1.82, 2.24) is 4.90 Å². The Hall–Kier alpha value is -3.36. The predicted molar refractivity (Wildman–Crippen MR) is 98.8 cm³/mol. The Morgan fingerprint density at radius 1 is 1.11 bits per heavy atom. The third-order valence-corrected chi connectivity index (χ3v) is 4.31. The van der Waals surface area contributed by atoms with Crippen LogP contribution in [0.2, 0.25) is 0 Å². The lowest BCUT2D eigenvalue weighted by molar-refractivity contribution is -0.116. The van der Waals surface area contributed by atoms with Crippen molar-refractivity contribution in [3.8, 4) is 11.5 Å². The maximum Gasteiger partial charge on any atom is 0.325 e. The molecule has 1 N–H and O–H groups in total. The van der Waals surface area contributed by atoms with Crippen LogP contribution in [-0.2, 0) is 4.79 Å². The van der Waals surface area contributed by atoms with E-state index in [0.717, 1.165) is 18.2 Å². The first-order valence-electron chi connectivity index (χ1n) is 8.46. The SMILES string of the molecule is COc1ccc(OC)c(N2CCN(CC(=O)Nc3cc(F)ccc3F)C2=O)c1. The smallest absolute Gasteiger partial charge is 0.325 e. The van der Waals surface area contributed by atoms with Gasteiger partial charge in [0.1, 0.15) is 29.7 Å². The molecule has 0 saturated carbocycles. The minimum Gasteiger partial charge on any atom is -0.497 e. The lowest BCUT2D eigenvalue weighted by Gasteiger charge is -2.21. The number of methoxy groups -OCH3 is 2. The van der Waals surface area contributed by atoms with Crippen LogP contribution in [0.25, 0.3) is 0 Å². The molecule has 9 heteroatoms. The first-order valence-corrected chi connectivity index (χ1v) is 8.46. The number of carbonyl (C=O) groups excluding carboxylic acids is 2. The summed E-state index contributed by atoms with van der Waals surface area (Å²) < 4.78 is 37.4. The molecule has 1 fully saturated rings. The number of benzene rings is 2. The molecular weight excluding hydrogens is 372 g/mol. The molecule has 0 bridgehead atoms. The lowest BCUT2D eigenvalue weighted by Crippen LogP contribution is -2.37. The number of hydrogen-bond donors (Lipinski definition) is 1. The first kappa shape index (κ1) is 19.4. The van der Waals surface area contributed by atoms with E-state index in [9.17, 15) is 18.4 Å². The van der Waals surface area contributed by atoms with Gasteiger partial charge in [-0.15, -0.1) is 0 Å². The molecule has 28 heavy (non-hydrogen) atoms. The lowest BCUT2D eigenvalue weighted by atomic mass is 10.2. The predicted octanol–water partition coefficient (Wildman–Crippen LogP) is 2.86. The van der Waals surface area contributed by atoms with Crippen molar-refractivity contribution in [3.63, 3.8) is 0 Å². The number of ether oxygens (including phenoxy) is 2. The molecule has 1 heterocycles. The van der Waals surface area contributed by atoms with E-state index in [4.69, 9.17) is 9.47 Å². The summed E-state index contributed by atoms with van der Waals surface area (Å²) >= 11 is 0. The van der Waals surface area contributed by atoms with E-state index in [1.54, 1.807) is 18.2 Å². The van der Waals surface area contributed by atoms with E-state index < -0.39 is 23.6 Å². The van der Waals surface area contributed by atoms with E-state index in [1.807, 2.05) is 0 Å². The Balaban J connectivity index is 1.70. The summed E-state index contributed by atoms with van der Waals surface area (Å²) in [6.07, 6.45) is 0. The van der Waals surface area contributed by atoms with Crippen molar-refractivity contribution in [2.45, 2.75) is 0 Å². The van der Waals surface area contributed by atoms with Gasteiger partial charge in [0.25, 0.3) is 0 Å². The van der Waals surface area contributed by atoms with Crippen LogP contribution < -0.4 is 19.7 Å². The highest BCUT2D eigenvalue weighted by Gasteiger charge is 2.32. The van der Waals surface area contributed by atoms with Crippen molar-refractivity contribution in [3.05, 3.63) is 48.0 Å². The Bertz CT molecular complexity index is 907. The molecule has 0 aliphatic carbocycles. The van der Waals surface area contributed by atoms with E-state index in [2.05, 4.69) is 5.32 Å². The highest BCUT2D eigenvalue weighted by Crippen LogP contribution is 2.34. The van der Waals surface area contributed by atoms with Gasteiger partial charge in [0, 0.05) is 25.2 Å². The monoisotopic (exact) mass is 391 g/mol. The van der Waals surface area contributed by atoms with E-state index in [-0.39, 0.29) is 18.8 Å². The zero-order valence-corrected chi connectivity index (χ0v) is 15.4. The maximum absolute atomic E-state index is 13.7. The number of amides is 3. The molecule has 0 spiro atoms. The number of anilines is 2. The molecule has 3 rings (SSSR count). The zero-order chi connectivity index (χ0) is 20.3. The molecular formula is C19H19F2N3O4. The second kappa shape index (κ2) is 8.12. The van der Waals surface area contributed by atoms with Gasteiger partial charge >= 0.3 is 6.03 Å². The van der Waals surface area contributed by atoms with Crippen molar-refractivity contribution < 1.29 is 27.8 Å². The van der Waals surface area contributed by atoms with E-state index in [0.29, 0.717) is 23.7 Å². The van der Waals surface area contributed by atoms with Gasteiger partial charge in [-0.05, 0) is 24.3 Å². The second-order valence-corrected chi connectivity index (χ2v) is 6.07. The third-order valence-electron chi connectivity index (χ3n) is 4.31. The molecule has 1 aliphatic rings. The van der Waals surface area contributed by atoms with Crippen molar-refractivity contribution in [2.75, 3.05) is 44.1 Å². The van der Waals surface area contributed by atoms with Crippen LogP contribution in [-0.4, -0.2) is 50.7 Å². The summed E-state index contributed by atoms with van der Waals surface area (Å²) in [5, 5.41) is 2.28. The number of halogens is 2. The van der Waals surface area contributed by atoms with Crippen molar-refractivity contribution >= 4 is 23.3 Å². The third kappa shape index (κ3) is 3.98. The molecule has 3 amide bonds. The van der Waals surface area contributed by atoms with Gasteiger partial charge in [0.15, 0.2) is 0 Å². The summed E-state index contributed by atoms with van der Waals surface area (Å²) in [6, 6.07) is 7.42. The fourth-order valence-corrected chi connectivity index (χ4v) is 2.92. The Labute approximate surface area is 160 Å². The maximum atomic E-state index is 13.7. The van der Waals surface area contributed by atoms with Crippen LogP contribution in [0, 0.1) is 11.6 Å². The number of rotatable bonds is 6. The van der Waals surface area contributed by atoms with Crippen LogP contribution in [0.3, 0.4) is 0 Å². The zero-order valence-electron chi connectivity index (χ0n) is 15.4. The summed E-state index contributed by atoms with van der Waals surface area (Å²) in [7, 11) is 3.00. The standard InChI is InChI=1S/C19H19F2N3O4/c1-27-13-4-6-17(28-2)16(10-13)24-8-7-23(19(24)26)11-18(25)22-15-9-12(20)3-5-14(15)21/h3-6,9-10H,7-8,11H2,1-2H3,(H,22,25). The Morgan fingerprint density at radius 2 is 1.89 bits per heavy atom. The number of nitrogens with zero attached hydrogens (tertiary/aromatic N) is 2. The molecule has 0 unspecified atom stereocenters. The van der Waals surface area contributed by atoms with Gasteiger partial charge in [0.2, 0.25) is 5.91 Å². The van der Waals surface area contributed by atoms with Crippen molar-refractivity contribution in [2.24, 2.45) is 0 Å². The summed E-state index contributed by atoms with van der Waals surface area (Å²) in [6.45, 7) is 0.333. The van der Waals surface area contributed by atoms with Crippen LogP contribution in [0.1, 0.15) is 0 Å². The van der Waals surface area contributed by atoms with Gasteiger partial charge in [-0.3, -0.25) is 9.69 Å². The second-order valence-electron chi connectivity index (χ2n) is 6.07. The molecule has 1 saturated heterocycles. The van der Waals surface area contributed by atoms with E-state index >= 15 is 0 Å². The molecule has 1 aliphatic heterocycles. The van der Waals surface area contributed by atoms with Crippen LogP contribution in [0.4, 0.5) is 25.0 Å². The molecule has 7 nitrogen and oxygen atoms in total. The van der Waals surface area contributed by atoms with Crippen LogP contribution >= 0.6 is 0 Å². The molecule has 0 radical (unpaired) electrons. The molecule has 148 valence electrons. The average molecular weight is 391 g/mol. The quantitative estimate of drug-likeness (QED) is 0.822. The largest absolute Gasteiger partial charge is 0.497 e. The summed E-state index contributed by atoms with van der Waals surface area (Å²) in [5.41, 5.74) is 0.244. The number of nitrogens with one attached hydrogen (secondary N) is 1. The minimum atomic E-state index is -0.759. The molecule has 2 aromatic rings. The van der Waals surface area contributed by atoms with Gasteiger partial charge in [-0.25, -0.2) is 13.6 Å². The highest BCUT2D eigenvalue weighted by atomic mass is 19.1. The number of urea groups is 1. The molecule has 2 aromatic carbocycles. The Kier molecular flexibility index (Phi) is 5.62. The fraction of sp³-hybridized carbons (Fsp3) is 0.263. The topological polar surface area (TPSA) is 71.1 Å². The van der Waals surface area contributed by atoms with Gasteiger partial charge in [-0.1, -0.05) is 0 Å². The summed E-state index contributed by atoms with van der Waals surface area (Å²) in [4.78, 5) is 27.7. The fourth-order valence-electron chi connectivity index (χ4n) is 2.92. The number of hydrogen-bond acceptors (Lipinski definition) is 4. The van der Waals surface area contributed by atoms with Gasteiger partial charge < -0.3 is 19.7 Å². The summed E-state index contributed by atoms with van der Waals surface area (Å²) in [5.74, 6) is -1.02. The van der Waals surface area contributed by atoms with Crippen LogP contribution in [0.15, 0.2) is 36.4 Å². The Morgan fingerprint density at radius 3 is 2.61 bits per heavy atom. The normalized spacial score (nSPS) is 13.6. The van der Waals surface area contributed by atoms with Crippen molar-refractivity contribution in [1.29, 1.82) is 0 Å². The minimum absolute atomic E-state index is 0.275. The van der Waals surface area contributed by atoms with E-state index in [1.165, 1.54) is 24.0 Å². The highest BCUT2D eigenvalue weighted by molar-refractivity contribution is 6.00. The van der Waals surface area contributed by atoms with Gasteiger partial charge in [0.05, 0.1) is 25.6 Å². The molecule has 0 aromatic heterocycles.